The van der Waals surface area contributed by atoms with Crippen LogP contribution in [0.2, 0.25) is 0 Å². The topological polar surface area (TPSA) is 69.3 Å². The maximum absolute atomic E-state index is 13.9. The van der Waals surface area contributed by atoms with Crippen molar-refractivity contribution in [1.82, 2.24) is 9.78 Å². The van der Waals surface area contributed by atoms with Crippen LogP contribution in [-0.2, 0) is 13.2 Å². The lowest BCUT2D eigenvalue weighted by atomic mass is 10.2. The Morgan fingerprint density at radius 2 is 1.94 bits per heavy atom. The molecule has 0 saturated carbocycles. The molecule has 0 saturated heterocycles. The van der Waals surface area contributed by atoms with Gasteiger partial charge in [-0.25, -0.2) is 4.39 Å². The number of aryl methyl sites for hydroxylation is 1. The molecule has 31 heavy (non-hydrogen) atoms. The van der Waals surface area contributed by atoms with Crippen LogP contribution in [0.4, 0.5) is 10.2 Å². The summed E-state index contributed by atoms with van der Waals surface area (Å²) in [5.41, 5.74) is 1.31. The van der Waals surface area contributed by atoms with Gasteiger partial charge in [0.1, 0.15) is 23.9 Å². The first-order valence-corrected chi connectivity index (χ1v) is 10.3. The zero-order chi connectivity index (χ0) is 21.8. The van der Waals surface area contributed by atoms with Gasteiger partial charge in [0.15, 0.2) is 11.6 Å². The average molecular weight is 484 g/mol. The molecule has 6 nitrogen and oxygen atoms in total. The predicted octanol–water partition coefficient (Wildman–Crippen LogP) is 5.57. The quantitative estimate of drug-likeness (QED) is 0.373. The summed E-state index contributed by atoms with van der Waals surface area (Å²) in [6.07, 6.45) is 0. The number of halogens is 2. The fourth-order valence-electron chi connectivity index (χ4n) is 2.96. The molecule has 0 bridgehead atoms. The highest BCUT2D eigenvalue weighted by Gasteiger charge is 2.15. The molecule has 0 aliphatic rings. The number of benzene rings is 2. The van der Waals surface area contributed by atoms with E-state index in [2.05, 4.69) is 26.3 Å². The van der Waals surface area contributed by atoms with Gasteiger partial charge in [0.05, 0.1) is 6.54 Å². The number of amides is 1. The standard InChI is InChI=1S/C23H19BrFN3O3/c1-15-12-22(27-28(15)13-16-4-2-3-5-20(16)25)26-23(29)21-11-10-19(31-21)14-30-18-8-6-17(24)7-9-18/h2-12H,13-14H2,1H3,(H,26,27,29). The van der Waals surface area contributed by atoms with Gasteiger partial charge in [0.2, 0.25) is 0 Å². The molecule has 4 aromatic rings. The van der Waals surface area contributed by atoms with Crippen molar-refractivity contribution in [3.63, 3.8) is 0 Å². The molecule has 0 radical (unpaired) electrons. The third-order valence-electron chi connectivity index (χ3n) is 4.58. The fourth-order valence-corrected chi connectivity index (χ4v) is 3.22. The van der Waals surface area contributed by atoms with Crippen LogP contribution in [0.5, 0.6) is 5.75 Å². The van der Waals surface area contributed by atoms with Crippen molar-refractivity contribution in [2.24, 2.45) is 0 Å². The number of carbonyl (C=O) groups is 1. The zero-order valence-corrected chi connectivity index (χ0v) is 18.2. The largest absolute Gasteiger partial charge is 0.486 e. The molecule has 4 rings (SSSR count). The molecule has 1 N–H and O–H groups in total. The lowest BCUT2D eigenvalue weighted by Gasteiger charge is -2.05. The van der Waals surface area contributed by atoms with Crippen LogP contribution in [0.15, 0.2) is 75.6 Å². The third kappa shape index (κ3) is 5.21. The monoisotopic (exact) mass is 483 g/mol. The van der Waals surface area contributed by atoms with Gasteiger partial charge in [-0.15, -0.1) is 0 Å². The normalized spacial score (nSPS) is 10.8. The number of hydrogen-bond donors (Lipinski definition) is 1. The smallest absolute Gasteiger partial charge is 0.292 e. The van der Waals surface area contributed by atoms with Crippen molar-refractivity contribution < 1.29 is 18.3 Å². The van der Waals surface area contributed by atoms with Crippen molar-refractivity contribution in [2.45, 2.75) is 20.1 Å². The highest BCUT2D eigenvalue weighted by atomic mass is 79.9. The van der Waals surface area contributed by atoms with Crippen molar-refractivity contribution in [3.05, 3.63) is 99.8 Å². The number of furan rings is 1. The number of hydrogen-bond acceptors (Lipinski definition) is 4. The van der Waals surface area contributed by atoms with Crippen molar-refractivity contribution in [2.75, 3.05) is 5.32 Å². The second-order valence-corrected chi connectivity index (χ2v) is 7.80. The van der Waals surface area contributed by atoms with Crippen LogP contribution in [0, 0.1) is 12.7 Å². The van der Waals surface area contributed by atoms with Crippen LogP contribution in [0.3, 0.4) is 0 Å². The van der Waals surface area contributed by atoms with Crippen molar-refractivity contribution in [1.29, 1.82) is 0 Å². The van der Waals surface area contributed by atoms with Crippen molar-refractivity contribution >= 4 is 27.7 Å². The lowest BCUT2D eigenvalue weighted by molar-refractivity contribution is 0.0992. The molecule has 2 aromatic carbocycles. The zero-order valence-electron chi connectivity index (χ0n) is 16.6. The Hall–Kier alpha value is -3.39. The number of ether oxygens (including phenoxy) is 1. The summed E-state index contributed by atoms with van der Waals surface area (Å²) >= 11 is 3.37. The number of nitrogens with one attached hydrogen (secondary N) is 1. The Labute approximate surface area is 186 Å². The summed E-state index contributed by atoms with van der Waals surface area (Å²) in [6, 6.07) is 18.9. The first kappa shape index (κ1) is 20.9. The van der Waals surface area contributed by atoms with E-state index in [1.165, 1.54) is 6.07 Å². The van der Waals surface area contributed by atoms with Crippen LogP contribution < -0.4 is 10.1 Å². The number of anilines is 1. The summed E-state index contributed by atoms with van der Waals surface area (Å²) in [7, 11) is 0. The van der Waals surface area contributed by atoms with Gasteiger partial charge in [-0.3, -0.25) is 9.48 Å². The summed E-state index contributed by atoms with van der Waals surface area (Å²) in [5.74, 6) is 1.01. The molecule has 0 aliphatic carbocycles. The average Bonchev–Trinajstić information content (AvgIpc) is 3.36. The van der Waals surface area contributed by atoms with E-state index in [0.29, 0.717) is 22.9 Å². The maximum Gasteiger partial charge on any atom is 0.292 e. The van der Waals surface area contributed by atoms with Gasteiger partial charge in [-0.1, -0.05) is 34.1 Å². The molecule has 158 valence electrons. The molecule has 8 heteroatoms. The Morgan fingerprint density at radius 3 is 2.71 bits per heavy atom. The molecular formula is C23H19BrFN3O3. The minimum atomic E-state index is -0.426. The van der Waals surface area contributed by atoms with Gasteiger partial charge in [0.25, 0.3) is 5.91 Å². The fraction of sp³-hybridized carbons (Fsp3) is 0.130. The highest BCUT2D eigenvalue weighted by Crippen LogP contribution is 2.19. The molecule has 0 atom stereocenters. The van der Waals surface area contributed by atoms with E-state index in [1.807, 2.05) is 31.2 Å². The van der Waals surface area contributed by atoms with Gasteiger partial charge >= 0.3 is 0 Å². The Kier molecular flexibility index (Phi) is 6.18. The molecule has 0 aliphatic heterocycles. The summed E-state index contributed by atoms with van der Waals surface area (Å²) < 4.78 is 27.7. The van der Waals surface area contributed by atoms with E-state index in [4.69, 9.17) is 9.15 Å². The van der Waals surface area contributed by atoms with Crippen LogP contribution in [0.25, 0.3) is 0 Å². The molecule has 0 fully saturated rings. The van der Waals surface area contributed by atoms with Crippen molar-refractivity contribution in [3.8, 4) is 5.75 Å². The predicted molar refractivity (Wildman–Crippen MR) is 118 cm³/mol. The van der Waals surface area contributed by atoms with E-state index >= 15 is 0 Å². The van der Waals surface area contributed by atoms with Crippen LogP contribution in [-0.4, -0.2) is 15.7 Å². The van der Waals surface area contributed by atoms with E-state index in [1.54, 1.807) is 41.1 Å². The van der Waals surface area contributed by atoms with E-state index < -0.39 is 5.91 Å². The molecule has 0 unspecified atom stereocenters. The SMILES string of the molecule is Cc1cc(NC(=O)c2ccc(COc3ccc(Br)cc3)o2)nn1Cc1ccccc1F. The molecular weight excluding hydrogens is 465 g/mol. The maximum atomic E-state index is 13.9. The van der Waals surface area contributed by atoms with E-state index in [-0.39, 0.29) is 24.7 Å². The number of aromatic nitrogens is 2. The van der Waals surface area contributed by atoms with Gasteiger partial charge in [-0.05, 0) is 49.4 Å². The van der Waals surface area contributed by atoms with Crippen LogP contribution in [0.1, 0.15) is 27.6 Å². The summed E-state index contributed by atoms with van der Waals surface area (Å²) in [5, 5.41) is 7.06. The first-order chi connectivity index (χ1) is 15.0. The highest BCUT2D eigenvalue weighted by molar-refractivity contribution is 9.10. The molecule has 1 amide bonds. The first-order valence-electron chi connectivity index (χ1n) is 9.54. The van der Waals surface area contributed by atoms with Gasteiger partial charge in [-0.2, -0.15) is 5.10 Å². The number of nitrogens with zero attached hydrogens (tertiary/aromatic N) is 2. The molecule has 0 spiro atoms. The molecule has 2 heterocycles. The summed E-state index contributed by atoms with van der Waals surface area (Å²) in [4.78, 5) is 12.5. The van der Waals surface area contributed by atoms with Gasteiger partial charge in [0, 0.05) is 21.8 Å². The number of rotatable bonds is 7. The van der Waals surface area contributed by atoms with E-state index in [0.717, 1.165) is 10.2 Å². The Balaban J connectivity index is 1.37. The second kappa shape index (κ2) is 9.18. The minimum Gasteiger partial charge on any atom is -0.486 e. The third-order valence-corrected chi connectivity index (χ3v) is 5.11. The van der Waals surface area contributed by atoms with Crippen LogP contribution >= 0.6 is 15.9 Å². The Bertz CT molecular complexity index is 1200. The second-order valence-electron chi connectivity index (χ2n) is 6.88. The number of carbonyl (C=O) groups excluding carboxylic acids is 1. The lowest BCUT2D eigenvalue weighted by Crippen LogP contribution is -2.12. The van der Waals surface area contributed by atoms with E-state index in [9.17, 15) is 9.18 Å². The van der Waals surface area contributed by atoms with Gasteiger partial charge < -0.3 is 14.5 Å². The summed E-state index contributed by atoms with van der Waals surface area (Å²) in [6.45, 7) is 2.31. The minimum absolute atomic E-state index is 0.149. The Morgan fingerprint density at radius 1 is 1.16 bits per heavy atom. The molecule has 2 aromatic heterocycles.